The molecular weight excluding hydrogens is 202 g/mol. The second-order valence-corrected chi connectivity index (χ2v) is 4.31. The monoisotopic (exact) mass is 221 g/mol. The molecule has 1 saturated heterocycles. The Morgan fingerprint density at radius 2 is 2.06 bits per heavy atom. The van der Waals surface area contributed by atoms with Crippen molar-refractivity contribution in [3.05, 3.63) is 35.4 Å². The molecule has 3 nitrogen and oxygen atoms in total. The third-order valence-corrected chi connectivity index (χ3v) is 2.89. The molecule has 2 rings (SSSR count). The van der Waals surface area contributed by atoms with E-state index < -0.39 is 5.79 Å². The molecule has 1 heterocycles. The van der Waals surface area contributed by atoms with E-state index in [4.69, 9.17) is 15.2 Å². The van der Waals surface area contributed by atoms with Crippen molar-refractivity contribution in [1.29, 1.82) is 0 Å². The fourth-order valence-electron chi connectivity index (χ4n) is 2.18. The van der Waals surface area contributed by atoms with Crippen LogP contribution in [0.25, 0.3) is 0 Å². The Hall–Kier alpha value is -0.900. The SMILES string of the molecule is Cc1cccc(CC2(CCN)OCCO2)c1. The normalized spacial score (nSPS) is 18.9. The summed E-state index contributed by atoms with van der Waals surface area (Å²) >= 11 is 0. The van der Waals surface area contributed by atoms with Gasteiger partial charge in [-0.1, -0.05) is 29.8 Å². The van der Waals surface area contributed by atoms with Crippen LogP contribution in [0.15, 0.2) is 24.3 Å². The predicted octanol–water partition coefficient (Wildman–Crippen LogP) is 1.63. The first kappa shape index (κ1) is 11.6. The molecule has 0 bridgehead atoms. The van der Waals surface area contributed by atoms with Crippen LogP contribution in [0.5, 0.6) is 0 Å². The molecular formula is C13H19NO2. The van der Waals surface area contributed by atoms with Gasteiger partial charge in [0.1, 0.15) is 0 Å². The third kappa shape index (κ3) is 2.61. The third-order valence-electron chi connectivity index (χ3n) is 2.89. The highest BCUT2D eigenvalue weighted by Gasteiger charge is 2.35. The van der Waals surface area contributed by atoms with E-state index >= 15 is 0 Å². The highest BCUT2D eigenvalue weighted by atomic mass is 16.7. The number of aryl methyl sites for hydroxylation is 1. The first-order valence-electron chi connectivity index (χ1n) is 5.78. The van der Waals surface area contributed by atoms with E-state index in [0.29, 0.717) is 19.8 Å². The average Bonchev–Trinajstić information content (AvgIpc) is 2.67. The Balaban J connectivity index is 2.11. The van der Waals surface area contributed by atoms with E-state index in [9.17, 15) is 0 Å². The second kappa shape index (κ2) is 4.95. The van der Waals surface area contributed by atoms with Crippen molar-refractivity contribution < 1.29 is 9.47 Å². The van der Waals surface area contributed by atoms with Crippen molar-refractivity contribution in [3.8, 4) is 0 Å². The molecule has 1 aliphatic rings. The van der Waals surface area contributed by atoms with Gasteiger partial charge in [-0.2, -0.15) is 0 Å². The maximum absolute atomic E-state index is 5.72. The number of rotatable bonds is 4. The molecule has 0 aliphatic carbocycles. The zero-order valence-electron chi connectivity index (χ0n) is 9.74. The van der Waals surface area contributed by atoms with Gasteiger partial charge in [0.05, 0.1) is 13.2 Å². The molecule has 0 amide bonds. The molecule has 1 aromatic rings. The van der Waals surface area contributed by atoms with Gasteiger partial charge in [-0.05, 0) is 19.0 Å². The van der Waals surface area contributed by atoms with Crippen LogP contribution in [0.1, 0.15) is 17.5 Å². The van der Waals surface area contributed by atoms with E-state index in [2.05, 4.69) is 31.2 Å². The Morgan fingerprint density at radius 3 is 2.69 bits per heavy atom. The van der Waals surface area contributed by atoms with Gasteiger partial charge in [-0.3, -0.25) is 0 Å². The molecule has 2 N–H and O–H groups in total. The Labute approximate surface area is 96.5 Å². The quantitative estimate of drug-likeness (QED) is 0.840. The van der Waals surface area contributed by atoms with Gasteiger partial charge in [-0.15, -0.1) is 0 Å². The van der Waals surface area contributed by atoms with Crippen LogP contribution in [0, 0.1) is 6.92 Å². The summed E-state index contributed by atoms with van der Waals surface area (Å²) < 4.78 is 11.4. The minimum Gasteiger partial charge on any atom is -0.347 e. The Bertz CT molecular complexity index is 346. The molecule has 0 aromatic heterocycles. The lowest BCUT2D eigenvalue weighted by molar-refractivity contribution is -0.158. The molecule has 16 heavy (non-hydrogen) atoms. The van der Waals surface area contributed by atoms with Gasteiger partial charge in [0.25, 0.3) is 0 Å². The number of nitrogens with two attached hydrogens (primary N) is 1. The molecule has 0 atom stereocenters. The number of ether oxygens (including phenoxy) is 2. The number of hydrogen-bond acceptors (Lipinski definition) is 3. The first-order chi connectivity index (χ1) is 7.74. The van der Waals surface area contributed by atoms with Crippen molar-refractivity contribution in [2.45, 2.75) is 25.6 Å². The van der Waals surface area contributed by atoms with Gasteiger partial charge in [0.15, 0.2) is 5.79 Å². The van der Waals surface area contributed by atoms with E-state index in [1.807, 2.05) is 0 Å². The standard InChI is InChI=1S/C13H19NO2/c1-11-3-2-4-12(9-11)10-13(5-6-14)15-7-8-16-13/h2-4,9H,5-8,10,14H2,1H3. The molecule has 1 aromatic carbocycles. The van der Waals surface area contributed by atoms with Crippen LogP contribution < -0.4 is 5.73 Å². The summed E-state index contributed by atoms with van der Waals surface area (Å²) in [6.07, 6.45) is 1.53. The molecule has 0 saturated carbocycles. The molecule has 3 heteroatoms. The Morgan fingerprint density at radius 1 is 1.31 bits per heavy atom. The van der Waals surface area contributed by atoms with Crippen molar-refractivity contribution in [1.82, 2.24) is 0 Å². The van der Waals surface area contributed by atoms with Crippen LogP contribution >= 0.6 is 0 Å². The van der Waals surface area contributed by atoms with Crippen LogP contribution in [0.3, 0.4) is 0 Å². The van der Waals surface area contributed by atoms with E-state index in [0.717, 1.165) is 12.8 Å². The molecule has 1 aliphatic heterocycles. The summed E-state index contributed by atoms with van der Waals surface area (Å²) in [4.78, 5) is 0. The second-order valence-electron chi connectivity index (χ2n) is 4.31. The molecule has 88 valence electrons. The first-order valence-corrected chi connectivity index (χ1v) is 5.78. The van der Waals surface area contributed by atoms with Gasteiger partial charge in [-0.25, -0.2) is 0 Å². The maximum atomic E-state index is 5.72. The Kier molecular flexibility index (Phi) is 3.59. The van der Waals surface area contributed by atoms with Gasteiger partial charge < -0.3 is 15.2 Å². The van der Waals surface area contributed by atoms with Crippen LogP contribution in [0.2, 0.25) is 0 Å². The summed E-state index contributed by atoms with van der Waals surface area (Å²) in [7, 11) is 0. The minimum absolute atomic E-state index is 0.484. The molecule has 0 radical (unpaired) electrons. The van der Waals surface area contributed by atoms with Crippen molar-refractivity contribution in [2.75, 3.05) is 19.8 Å². The molecule has 0 unspecified atom stereocenters. The topological polar surface area (TPSA) is 44.5 Å². The zero-order valence-corrected chi connectivity index (χ0v) is 9.74. The largest absolute Gasteiger partial charge is 0.347 e. The highest BCUT2D eigenvalue weighted by Crippen LogP contribution is 2.27. The van der Waals surface area contributed by atoms with Crippen molar-refractivity contribution >= 4 is 0 Å². The zero-order chi connectivity index (χ0) is 11.4. The van der Waals surface area contributed by atoms with E-state index in [1.165, 1.54) is 11.1 Å². The molecule has 0 spiro atoms. The van der Waals surface area contributed by atoms with Crippen molar-refractivity contribution in [2.24, 2.45) is 5.73 Å². The predicted molar refractivity (Wildman–Crippen MR) is 63.2 cm³/mol. The summed E-state index contributed by atoms with van der Waals surface area (Å²) in [6.45, 7) is 4.03. The van der Waals surface area contributed by atoms with Gasteiger partial charge in [0, 0.05) is 12.8 Å². The smallest absolute Gasteiger partial charge is 0.173 e. The fraction of sp³-hybridized carbons (Fsp3) is 0.538. The highest BCUT2D eigenvalue weighted by molar-refractivity contribution is 5.23. The van der Waals surface area contributed by atoms with Crippen molar-refractivity contribution in [3.63, 3.8) is 0 Å². The van der Waals surface area contributed by atoms with Crippen LogP contribution in [0.4, 0.5) is 0 Å². The number of hydrogen-bond donors (Lipinski definition) is 1. The lowest BCUT2D eigenvalue weighted by Gasteiger charge is -2.27. The fourth-order valence-corrected chi connectivity index (χ4v) is 2.18. The maximum Gasteiger partial charge on any atom is 0.173 e. The number of benzene rings is 1. The lowest BCUT2D eigenvalue weighted by atomic mass is 10.0. The average molecular weight is 221 g/mol. The minimum atomic E-state index is -0.484. The summed E-state index contributed by atoms with van der Waals surface area (Å²) in [5, 5.41) is 0. The summed E-state index contributed by atoms with van der Waals surface area (Å²) in [6, 6.07) is 8.44. The van der Waals surface area contributed by atoms with Gasteiger partial charge in [0.2, 0.25) is 0 Å². The van der Waals surface area contributed by atoms with Crippen LogP contribution in [-0.2, 0) is 15.9 Å². The summed E-state index contributed by atoms with van der Waals surface area (Å²) in [5.74, 6) is -0.484. The van der Waals surface area contributed by atoms with E-state index in [1.54, 1.807) is 0 Å². The van der Waals surface area contributed by atoms with Crippen LogP contribution in [-0.4, -0.2) is 25.5 Å². The lowest BCUT2D eigenvalue weighted by Crippen LogP contribution is -2.35. The summed E-state index contributed by atoms with van der Waals surface area (Å²) in [5.41, 5.74) is 8.13. The van der Waals surface area contributed by atoms with Gasteiger partial charge >= 0.3 is 0 Å². The molecule has 1 fully saturated rings. The van der Waals surface area contributed by atoms with E-state index in [-0.39, 0.29) is 0 Å².